The lowest BCUT2D eigenvalue weighted by Crippen LogP contribution is -2.51. The zero-order chi connectivity index (χ0) is 28.7. The normalized spacial score (nSPS) is 15.2. The van der Waals surface area contributed by atoms with E-state index in [4.69, 9.17) is 9.26 Å². The lowest BCUT2D eigenvalue weighted by molar-refractivity contribution is -0.143. The number of Topliss-reactive ketones (excluding diaryl/α,β-unsaturated/α-hetero) is 1. The van der Waals surface area contributed by atoms with E-state index in [1.54, 1.807) is 0 Å². The average Bonchev–Trinajstić information content (AvgIpc) is 3.42. The second-order valence-electron chi connectivity index (χ2n) is 9.35. The van der Waals surface area contributed by atoms with Crippen LogP contribution in [0, 0.1) is 24.4 Å². The van der Waals surface area contributed by atoms with Crippen LogP contribution < -0.4 is 15.4 Å². The molecule has 1 aromatic heterocycles. The van der Waals surface area contributed by atoms with E-state index < -0.39 is 71.9 Å². The summed E-state index contributed by atoms with van der Waals surface area (Å²) < 4.78 is 56.3. The largest absolute Gasteiger partial charge is 0.482 e. The number of ether oxygens (including phenoxy) is 2. The Kier molecular flexibility index (Phi) is 10.1. The van der Waals surface area contributed by atoms with Gasteiger partial charge in [0, 0.05) is 23.6 Å². The molecule has 2 N–H and O–H groups in total. The van der Waals surface area contributed by atoms with Gasteiger partial charge in [-0.25, -0.2) is 8.78 Å². The number of carbonyl (C=O) groups excluding carboxylic acids is 4. The molecule has 0 bridgehead atoms. The molecule has 1 saturated carbocycles. The van der Waals surface area contributed by atoms with Gasteiger partial charge in [0.05, 0.1) is 13.5 Å². The standard InChI is InChI=1S/C26H30F3N3O7/c1-13-16(27)9-17(28)23(29)24(13)38-12-20(33)18(11-22(34)37-3)31-25(35)14(2)30-26(36)19-10-21(39-32-19)15-7-5-4-6-8-15/h9-10,14-15,18H,4-8,11-12H2,1-3H3,(H,30,36)(H,31,35)/t14-,18-/m0/s1. The quantitative estimate of drug-likeness (QED) is 0.320. The Hall–Kier alpha value is -3.90. The van der Waals surface area contributed by atoms with Crippen molar-refractivity contribution >= 4 is 23.6 Å². The number of amides is 2. The number of hydrogen-bond donors (Lipinski definition) is 2. The minimum Gasteiger partial charge on any atom is -0.482 e. The van der Waals surface area contributed by atoms with Crippen molar-refractivity contribution < 1.29 is 46.3 Å². The lowest BCUT2D eigenvalue weighted by Gasteiger charge is -2.20. The first-order valence-electron chi connectivity index (χ1n) is 12.5. The number of halogens is 3. The maximum absolute atomic E-state index is 14.1. The molecule has 1 aromatic carbocycles. The predicted molar refractivity (Wildman–Crippen MR) is 129 cm³/mol. The maximum Gasteiger partial charge on any atom is 0.308 e. The number of esters is 1. The molecule has 2 amide bonds. The van der Waals surface area contributed by atoms with Crippen molar-refractivity contribution in [1.29, 1.82) is 0 Å². The van der Waals surface area contributed by atoms with Gasteiger partial charge in [0.15, 0.2) is 23.0 Å². The first kappa shape index (κ1) is 29.7. The topological polar surface area (TPSA) is 137 Å². The Bertz CT molecular complexity index is 1200. The molecule has 10 nitrogen and oxygen atoms in total. The van der Waals surface area contributed by atoms with Crippen molar-refractivity contribution in [2.75, 3.05) is 13.7 Å². The molecule has 3 rings (SSSR count). The highest BCUT2D eigenvalue weighted by molar-refractivity contribution is 5.98. The molecule has 0 unspecified atom stereocenters. The van der Waals surface area contributed by atoms with Gasteiger partial charge in [-0.15, -0.1) is 0 Å². The van der Waals surface area contributed by atoms with E-state index in [1.807, 2.05) is 0 Å². The fraction of sp³-hybridized carbons (Fsp3) is 0.500. The van der Waals surface area contributed by atoms with Gasteiger partial charge in [-0.3, -0.25) is 19.2 Å². The summed E-state index contributed by atoms with van der Waals surface area (Å²) in [5.74, 6) is -7.40. The molecule has 39 heavy (non-hydrogen) atoms. The van der Waals surface area contributed by atoms with Gasteiger partial charge in [-0.2, -0.15) is 4.39 Å². The highest BCUT2D eigenvalue weighted by Crippen LogP contribution is 2.33. The molecule has 212 valence electrons. The zero-order valence-electron chi connectivity index (χ0n) is 21.8. The van der Waals surface area contributed by atoms with Crippen LogP contribution in [0.25, 0.3) is 0 Å². The summed E-state index contributed by atoms with van der Waals surface area (Å²) in [5.41, 5.74) is -0.378. The lowest BCUT2D eigenvalue weighted by atomic mass is 9.87. The van der Waals surface area contributed by atoms with Gasteiger partial charge in [0.2, 0.25) is 11.7 Å². The smallest absolute Gasteiger partial charge is 0.308 e. The number of aromatic nitrogens is 1. The molecule has 0 spiro atoms. The summed E-state index contributed by atoms with van der Waals surface area (Å²) in [4.78, 5) is 49.9. The van der Waals surface area contributed by atoms with E-state index in [-0.39, 0.29) is 17.2 Å². The van der Waals surface area contributed by atoms with Crippen molar-refractivity contribution in [3.8, 4) is 5.75 Å². The van der Waals surface area contributed by atoms with Crippen LogP contribution in [-0.2, 0) is 19.1 Å². The van der Waals surface area contributed by atoms with Crippen LogP contribution in [0.1, 0.15) is 73.2 Å². The highest BCUT2D eigenvalue weighted by Gasteiger charge is 2.29. The van der Waals surface area contributed by atoms with Gasteiger partial charge >= 0.3 is 5.97 Å². The van der Waals surface area contributed by atoms with Crippen LogP contribution in [0.5, 0.6) is 5.75 Å². The van der Waals surface area contributed by atoms with E-state index in [9.17, 15) is 32.3 Å². The summed E-state index contributed by atoms with van der Waals surface area (Å²) in [6, 6.07) is -0.799. The maximum atomic E-state index is 14.1. The van der Waals surface area contributed by atoms with Crippen LogP contribution in [-0.4, -0.2) is 54.5 Å². The van der Waals surface area contributed by atoms with E-state index in [0.29, 0.717) is 11.8 Å². The molecule has 0 aliphatic heterocycles. The van der Waals surface area contributed by atoms with Crippen molar-refractivity contribution in [3.63, 3.8) is 0 Å². The summed E-state index contributed by atoms with van der Waals surface area (Å²) in [7, 11) is 1.07. The number of nitrogens with zero attached hydrogens (tertiary/aromatic N) is 1. The minimum absolute atomic E-state index is 0.00877. The molecule has 1 aliphatic carbocycles. The van der Waals surface area contributed by atoms with Gasteiger partial charge in [-0.05, 0) is 26.7 Å². The van der Waals surface area contributed by atoms with E-state index in [2.05, 4.69) is 20.5 Å². The van der Waals surface area contributed by atoms with Crippen molar-refractivity contribution in [3.05, 3.63) is 46.6 Å². The first-order valence-corrected chi connectivity index (χ1v) is 12.5. The Morgan fingerprint density at radius 2 is 1.77 bits per heavy atom. The molecular weight excluding hydrogens is 523 g/mol. The average molecular weight is 554 g/mol. The van der Waals surface area contributed by atoms with Crippen LogP contribution in [0.3, 0.4) is 0 Å². The van der Waals surface area contributed by atoms with E-state index in [0.717, 1.165) is 46.1 Å². The van der Waals surface area contributed by atoms with Crippen LogP contribution >= 0.6 is 0 Å². The summed E-state index contributed by atoms with van der Waals surface area (Å²) in [6.07, 6.45) is 4.54. The zero-order valence-corrected chi connectivity index (χ0v) is 21.8. The molecule has 1 aliphatic rings. The van der Waals surface area contributed by atoms with E-state index >= 15 is 0 Å². The fourth-order valence-corrected chi connectivity index (χ4v) is 4.18. The molecule has 1 heterocycles. The predicted octanol–water partition coefficient (Wildman–Crippen LogP) is 3.26. The number of hydrogen-bond acceptors (Lipinski definition) is 8. The molecular formula is C26H30F3N3O7. The summed E-state index contributed by atoms with van der Waals surface area (Å²) in [5, 5.41) is 8.55. The molecule has 13 heteroatoms. The third-order valence-electron chi connectivity index (χ3n) is 6.53. The Morgan fingerprint density at radius 3 is 2.44 bits per heavy atom. The van der Waals surface area contributed by atoms with Crippen LogP contribution in [0.15, 0.2) is 16.7 Å². The van der Waals surface area contributed by atoms with Gasteiger partial charge < -0.3 is 24.6 Å². The summed E-state index contributed by atoms with van der Waals surface area (Å²) in [6.45, 7) is 1.55. The number of methoxy groups -OCH3 is 1. The third kappa shape index (κ3) is 7.58. The van der Waals surface area contributed by atoms with Gasteiger partial charge in [0.25, 0.3) is 5.91 Å². The molecule has 1 fully saturated rings. The van der Waals surface area contributed by atoms with Crippen LogP contribution in [0.2, 0.25) is 0 Å². The number of ketones is 1. The second-order valence-corrected chi connectivity index (χ2v) is 9.35. The highest BCUT2D eigenvalue weighted by atomic mass is 19.2. The molecule has 0 radical (unpaired) electrons. The Labute approximate surface area is 222 Å². The van der Waals surface area contributed by atoms with E-state index in [1.165, 1.54) is 13.0 Å². The Morgan fingerprint density at radius 1 is 1.08 bits per heavy atom. The third-order valence-corrected chi connectivity index (χ3v) is 6.53. The first-order chi connectivity index (χ1) is 18.5. The van der Waals surface area contributed by atoms with Gasteiger partial charge in [0.1, 0.15) is 30.3 Å². The number of benzene rings is 1. The monoisotopic (exact) mass is 553 g/mol. The fourth-order valence-electron chi connectivity index (χ4n) is 4.18. The molecule has 0 saturated heterocycles. The van der Waals surface area contributed by atoms with Crippen molar-refractivity contribution in [2.45, 2.75) is 70.4 Å². The van der Waals surface area contributed by atoms with Gasteiger partial charge in [-0.1, -0.05) is 24.4 Å². The minimum atomic E-state index is -1.51. The molecule has 2 aromatic rings. The SMILES string of the molecule is COC(=O)C[C@H](NC(=O)[C@H](C)NC(=O)c1cc(C2CCCCC2)on1)C(=O)COc1c(C)c(F)cc(F)c1F. The summed E-state index contributed by atoms with van der Waals surface area (Å²) >= 11 is 0. The van der Waals surface area contributed by atoms with Crippen molar-refractivity contribution in [1.82, 2.24) is 15.8 Å². The molecule has 2 atom stereocenters. The number of nitrogens with one attached hydrogen (secondary N) is 2. The number of carbonyl (C=O) groups is 4. The van der Waals surface area contributed by atoms with Crippen molar-refractivity contribution in [2.24, 2.45) is 0 Å². The van der Waals surface area contributed by atoms with Crippen LogP contribution in [0.4, 0.5) is 13.2 Å². The Balaban J connectivity index is 1.63. The number of rotatable bonds is 11. The second kappa shape index (κ2) is 13.3.